The van der Waals surface area contributed by atoms with Crippen LogP contribution in [-0.4, -0.2) is 30.4 Å². The molecular weight excluding hydrogens is 255 g/mol. The van der Waals surface area contributed by atoms with Gasteiger partial charge in [0, 0.05) is 18.7 Å². The van der Waals surface area contributed by atoms with Gasteiger partial charge in [-0.2, -0.15) is 0 Å². The molecule has 0 spiro atoms. The first-order chi connectivity index (χ1) is 9.38. The molecule has 1 unspecified atom stereocenters. The first-order valence-electron chi connectivity index (χ1n) is 6.64. The number of halogens is 1. The second-order valence-electron chi connectivity index (χ2n) is 5.10. The van der Waals surface area contributed by atoms with Gasteiger partial charge < -0.3 is 10.6 Å². The van der Waals surface area contributed by atoms with E-state index in [-0.39, 0.29) is 24.1 Å². The summed E-state index contributed by atoms with van der Waals surface area (Å²) in [7, 11) is 1.73. The lowest BCUT2D eigenvalue weighted by atomic mass is 10.0. The van der Waals surface area contributed by atoms with E-state index in [0.717, 1.165) is 0 Å². The van der Waals surface area contributed by atoms with Crippen molar-refractivity contribution in [2.45, 2.75) is 26.8 Å². The predicted octanol–water partition coefficient (Wildman–Crippen LogP) is 2.25. The van der Waals surface area contributed by atoms with Crippen LogP contribution in [0.5, 0.6) is 0 Å². The normalized spacial score (nSPS) is 11.8. The second-order valence-corrected chi connectivity index (χ2v) is 5.10. The molecule has 0 fully saturated rings. The molecule has 108 valence electrons. The molecule has 3 nitrogen and oxygen atoms in total. The lowest BCUT2D eigenvalue weighted by Gasteiger charge is -2.28. The maximum absolute atomic E-state index is 13.8. The van der Waals surface area contributed by atoms with Crippen LogP contribution in [0.25, 0.3) is 0 Å². The second kappa shape index (κ2) is 7.06. The topological polar surface area (TPSA) is 46.3 Å². The number of rotatable bonds is 3. The quantitative estimate of drug-likeness (QED) is 0.861. The number of nitrogens with two attached hydrogens (primary N) is 1. The van der Waals surface area contributed by atoms with Gasteiger partial charge in [-0.25, -0.2) is 4.39 Å². The third-order valence-electron chi connectivity index (χ3n) is 3.44. The average molecular weight is 276 g/mol. The van der Waals surface area contributed by atoms with Crippen LogP contribution in [0, 0.1) is 23.6 Å². The van der Waals surface area contributed by atoms with Gasteiger partial charge in [0.25, 0.3) is 5.91 Å². The monoisotopic (exact) mass is 276 g/mol. The molecule has 0 aliphatic rings. The van der Waals surface area contributed by atoms with E-state index in [2.05, 4.69) is 11.8 Å². The lowest BCUT2D eigenvalue weighted by Crippen LogP contribution is -2.38. The molecule has 20 heavy (non-hydrogen) atoms. The van der Waals surface area contributed by atoms with Gasteiger partial charge in [0.2, 0.25) is 0 Å². The standard InChI is InChI=1S/C16H21FN2O/c1-11(2)12(3)19(4)16(20)14-8-7-13(6-5-9-18)15(17)10-14/h7-8,10-12H,9,18H2,1-4H3. The fourth-order valence-electron chi connectivity index (χ4n) is 1.73. The van der Waals surface area contributed by atoms with Crippen molar-refractivity contribution in [2.75, 3.05) is 13.6 Å². The van der Waals surface area contributed by atoms with Crippen LogP contribution in [0.4, 0.5) is 4.39 Å². The summed E-state index contributed by atoms with van der Waals surface area (Å²) in [5.74, 6) is 4.87. The minimum absolute atomic E-state index is 0.0854. The summed E-state index contributed by atoms with van der Waals surface area (Å²) >= 11 is 0. The van der Waals surface area contributed by atoms with Gasteiger partial charge in [-0.15, -0.1) is 0 Å². The third kappa shape index (κ3) is 3.82. The molecular formula is C16H21FN2O. The highest BCUT2D eigenvalue weighted by Gasteiger charge is 2.20. The molecule has 2 N–H and O–H groups in total. The predicted molar refractivity (Wildman–Crippen MR) is 78.7 cm³/mol. The van der Waals surface area contributed by atoms with Crippen LogP contribution >= 0.6 is 0 Å². The summed E-state index contributed by atoms with van der Waals surface area (Å²) < 4.78 is 13.8. The average Bonchev–Trinajstić information content (AvgIpc) is 2.43. The van der Waals surface area contributed by atoms with Crippen molar-refractivity contribution < 1.29 is 9.18 Å². The Labute approximate surface area is 120 Å². The van der Waals surface area contributed by atoms with E-state index in [1.165, 1.54) is 12.1 Å². The maximum Gasteiger partial charge on any atom is 0.253 e. The smallest absolute Gasteiger partial charge is 0.253 e. The van der Waals surface area contributed by atoms with Crippen LogP contribution in [-0.2, 0) is 0 Å². The number of hydrogen-bond acceptors (Lipinski definition) is 2. The third-order valence-corrected chi connectivity index (χ3v) is 3.44. The molecule has 0 saturated heterocycles. The highest BCUT2D eigenvalue weighted by atomic mass is 19.1. The molecule has 1 rings (SSSR count). The molecule has 0 heterocycles. The Balaban J connectivity index is 2.98. The maximum atomic E-state index is 13.8. The van der Waals surface area contributed by atoms with Gasteiger partial charge >= 0.3 is 0 Å². The van der Waals surface area contributed by atoms with Crippen molar-refractivity contribution in [3.63, 3.8) is 0 Å². The summed E-state index contributed by atoms with van der Waals surface area (Å²) in [5.41, 5.74) is 5.83. The summed E-state index contributed by atoms with van der Waals surface area (Å²) in [5, 5.41) is 0. The van der Waals surface area contributed by atoms with Gasteiger partial charge in [-0.3, -0.25) is 4.79 Å². The Kier molecular flexibility index (Phi) is 5.72. The molecule has 0 aliphatic carbocycles. The van der Waals surface area contributed by atoms with Crippen molar-refractivity contribution in [1.29, 1.82) is 0 Å². The lowest BCUT2D eigenvalue weighted by molar-refractivity contribution is 0.0706. The Bertz CT molecular complexity index is 543. The fourth-order valence-corrected chi connectivity index (χ4v) is 1.73. The molecule has 4 heteroatoms. The molecule has 0 bridgehead atoms. The SMILES string of the molecule is CC(C)C(C)N(C)C(=O)c1ccc(C#CCN)c(F)c1. The van der Waals surface area contributed by atoms with Crippen LogP contribution in [0.1, 0.15) is 36.7 Å². The largest absolute Gasteiger partial charge is 0.339 e. The van der Waals surface area contributed by atoms with Crippen molar-refractivity contribution in [2.24, 2.45) is 11.7 Å². The Hall–Kier alpha value is -1.86. The van der Waals surface area contributed by atoms with Gasteiger partial charge in [-0.05, 0) is 31.0 Å². The minimum atomic E-state index is -0.498. The van der Waals surface area contributed by atoms with Crippen LogP contribution < -0.4 is 5.73 Å². The summed E-state index contributed by atoms with van der Waals surface area (Å²) in [4.78, 5) is 13.9. The Morgan fingerprint density at radius 2 is 2.05 bits per heavy atom. The van der Waals surface area contributed by atoms with E-state index < -0.39 is 5.82 Å². The summed E-state index contributed by atoms with van der Waals surface area (Å²) in [6, 6.07) is 4.42. The van der Waals surface area contributed by atoms with Crippen LogP contribution in [0.15, 0.2) is 18.2 Å². The molecule has 0 saturated carbocycles. The molecule has 0 radical (unpaired) electrons. The summed E-state index contributed by atoms with van der Waals surface area (Å²) in [6.45, 7) is 6.23. The number of benzene rings is 1. The summed E-state index contributed by atoms with van der Waals surface area (Å²) in [6.07, 6.45) is 0. The highest BCUT2D eigenvalue weighted by Crippen LogP contribution is 2.15. The van der Waals surface area contributed by atoms with Crippen molar-refractivity contribution in [3.05, 3.63) is 35.1 Å². The van der Waals surface area contributed by atoms with Crippen molar-refractivity contribution in [1.82, 2.24) is 4.90 Å². The van der Waals surface area contributed by atoms with Gasteiger partial charge in [-0.1, -0.05) is 25.7 Å². The zero-order valence-corrected chi connectivity index (χ0v) is 12.4. The number of carbonyl (C=O) groups excluding carboxylic acids is 1. The van der Waals surface area contributed by atoms with E-state index in [9.17, 15) is 9.18 Å². The highest BCUT2D eigenvalue weighted by molar-refractivity contribution is 5.94. The van der Waals surface area contributed by atoms with E-state index in [0.29, 0.717) is 11.5 Å². The molecule has 0 aromatic heterocycles. The number of amides is 1. The van der Waals surface area contributed by atoms with E-state index in [4.69, 9.17) is 5.73 Å². The number of hydrogen-bond donors (Lipinski definition) is 1. The zero-order chi connectivity index (χ0) is 15.3. The molecule has 1 aromatic carbocycles. The molecule has 1 amide bonds. The molecule has 1 atom stereocenters. The van der Waals surface area contributed by atoms with Gasteiger partial charge in [0.15, 0.2) is 0 Å². The molecule has 0 aliphatic heterocycles. The van der Waals surface area contributed by atoms with Gasteiger partial charge in [0.1, 0.15) is 5.82 Å². The first kappa shape index (κ1) is 16.2. The Morgan fingerprint density at radius 1 is 1.40 bits per heavy atom. The first-order valence-corrected chi connectivity index (χ1v) is 6.64. The van der Waals surface area contributed by atoms with E-state index in [1.54, 1.807) is 18.0 Å². The van der Waals surface area contributed by atoms with Crippen molar-refractivity contribution >= 4 is 5.91 Å². The zero-order valence-electron chi connectivity index (χ0n) is 12.4. The van der Waals surface area contributed by atoms with Crippen LogP contribution in [0.2, 0.25) is 0 Å². The Morgan fingerprint density at radius 3 is 2.55 bits per heavy atom. The fraction of sp³-hybridized carbons (Fsp3) is 0.438. The van der Waals surface area contributed by atoms with Crippen LogP contribution in [0.3, 0.4) is 0 Å². The molecule has 1 aromatic rings. The number of nitrogens with zero attached hydrogens (tertiary/aromatic N) is 1. The number of carbonyl (C=O) groups is 1. The minimum Gasteiger partial charge on any atom is -0.339 e. The van der Waals surface area contributed by atoms with E-state index in [1.807, 2.05) is 20.8 Å². The van der Waals surface area contributed by atoms with Gasteiger partial charge in [0.05, 0.1) is 12.1 Å². The van der Waals surface area contributed by atoms with Crippen molar-refractivity contribution in [3.8, 4) is 11.8 Å². The van der Waals surface area contributed by atoms with E-state index >= 15 is 0 Å².